The zero-order valence-electron chi connectivity index (χ0n) is 14.1. The maximum atomic E-state index is 5.42. The van der Waals surface area contributed by atoms with E-state index in [0.29, 0.717) is 13.2 Å². The summed E-state index contributed by atoms with van der Waals surface area (Å²) in [5.74, 6) is 0.825. The predicted octanol–water partition coefficient (Wildman–Crippen LogP) is 1.87. The predicted molar refractivity (Wildman–Crippen MR) is 91.7 cm³/mol. The maximum Gasteiger partial charge on any atom is 0.191 e. The van der Waals surface area contributed by atoms with Crippen LogP contribution >= 0.6 is 11.3 Å². The smallest absolute Gasteiger partial charge is 0.191 e. The molecule has 0 unspecified atom stereocenters. The summed E-state index contributed by atoms with van der Waals surface area (Å²) in [6, 6.07) is 0. The summed E-state index contributed by atoms with van der Waals surface area (Å²) in [4.78, 5) is 9.91. The van der Waals surface area contributed by atoms with E-state index in [1.165, 1.54) is 4.88 Å². The van der Waals surface area contributed by atoms with Gasteiger partial charge in [0.1, 0.15) is 0 Å². The number of rotatable bonds is 10. The summed E-state index contributed by atoms with van der Waals surface area (Å²) in [7, 11) is 3.47. The number of methoxy groups -OCH3 is 1. The first-order chi connectivity index (χ1) is 10.7. The Bertz CT molecular complexity index is 449. The summed E-state index contributed by atoms with van der Waals surface area (Å²) in [5.41, 5.74) is 1.10. The molecule has 1 aromatic heterocycles. The van der Waals surface area contributed by atoms with Gasteiger partial charge in [-0.3, -0.25) is 4.99 Å². The van der Waals surface area contributed by atoms with Crippen molar-refractivity contribution in [3.05, 3.63) is 15.6 Å². The van der Waals surface area contributed by atoms with Gasteiger partial charge in [0.05, 0.1) is 30.5 Å². The summed E-state index contributed by atoms with van der Waals surface area (Å²) >= 11 is 1.73. The van der Waals surface area contributed by atoms with Crippen LogP contribution in [0.4, 0.5) is 0 Å². The molecule has 0 saturated carbocycles. The Labute approximate surface area is 137 Å². The molecule has 0 radical (unpaired) electrons. The number of guanidine groups is 1. The SMILES string of the molecule is CN=C(NCCCCOCCOC)NCc1sc(C)nc1C. The Hall–Kier alpha value is -1.18. The van der Waals surface area contributed by atoms with Crippen molar-refractivity contribution < 1.29 is 9.47 Å². The molecular weight excluding hydrogens is 300 g/mol. The average Bonchev–Trinajstić information content (AvgIpc) is 2.83. The molecule has 0 fully saturated rings. The maximum absolute atomic E-state index is 5.42. The van der Waals surface area contributed by atoms with Crippen LogP contribution in [0.1, 0.15) is 28.4 Å². The number of unbranched alkanes of at least 4 members (excludes halogenated alkanes) is 1. The number of hydrogen-bond donors (Lipinski definition) is 2. The first-order valence-corrected chi connectivity index (χ1v) is 8.43. The van der Waals surface area contributed by atoms with Gasteiger partial charge in [0.2, 0.25) is 0 Å². The molecule has 0 bridgehead atoms. The van der Waals surface area contributed by atoms with E-state index in [2.05, 4.69) is 20.6 Å². The van der Waals surface area contributed by atoms with E-state index in [1.54, 1.807) is 25.5 Å². The van der Waals surface area contributed by atoms with E-state index in [-0.39, 0.29) is 0 Å². The normalized spacial score (nSPS) is 11.7. The van der Waals surface area contributed by atoms with E-state index < -0.39 is 0 Å². The van der Waals surface area contributed by atoms with Crippen molar-refractivity contribution in [3.8, 4) is 0 Å². The molecule has 7 heteroatoms. The summed E-state index contributed by atoms with van der Waals surface area (Å²) in [5, 5.41) is 7.73. The van der Waals surface area contributed by atoms with Crippen LogP contribution in [0.5, 0.6) is 0 Å². The van der Waals surface area contributed by atoms with Gasteiger partial charge in [-0.15, -0.1) is 11.3 Å². The third-order valence-corrected chi connectivity index (χ3v) is 4.15. The summed E-state index contributed by atoms with van der Waals surface area (Å²) in [6.07, 6.45) is 2.08. The number of nitrogens with one attached hydrogen (secondary N) is 2. The highest BCUT2D eigenvalue weighted by Gasteiger charge is 2.05. The second kappa shape index (κ2) is 11.4. The highest BCUT2D eigenvalue weighted by molar-refractivity contribution is 7.11. The Balaban J connectivity index is 2.11. The van der Waals surface area contributed by atoms with Gasteiger partial charge in [-0.05, 0) is 26.7 Å². The highest BCUT2D eigenvalue weighted by atomic mass is 32.1. The van der Waals surface area contributed by atoms with Crippen LogP contribution in [0.2, 0.25) is 0 Å². The minimum absolute atomic E-state index is 0.658. The second-order valence-corrected chi connectivity index (χ2v) is 6.19. The number of ether oxygens (including phenoxy) is 2. The van der Waals surface area contributed by atoms with E-state index in [0.717, 1.165) is 49.2 Å². The van der Waals surface area contributed by atoms with Crippen molar-refractivity contribution in [1.82, 2.24) is 15.6 Å². The van der Waals surface area contributed by atoms with E-state index >= 15 is 0 Å². The lowest BCUT2D eigenvalue weighted by Crippen LogP contribution is -2.37. The third-order valence-electron chi connectivity index (χ3n) is 3.08. The van der Waals surface area contributed by atoms with Crippen LogP contribution in [0.25, 0.3) is 0 Å². The topological polar surface area (TPSA) is 67.8 Å². The molecule has 0 aliphatic heterocycles. The highest BCUT2D eigenvalue weighted by Crippen LogP contribution is 2.16. The van der Waals surface area contributed by atoms with Crippen LogP contribution in [0.3, 0.4) is 0 Å². The van der Waals surface area contributed by atoms with Crippen LogP contribution in [-0.4, -0.2) is 51.5 Å². The Kier molecular flexibility index (Phi) is 9.77. The van der Waals surface area contributed by atoms with Crippen molar-refractivity contribution in [2.75, 3.05) is 40.5 Å². The average molecular weight is 328 g/mol. The largest absolute Gasteiger partial charge is 0.382 e. The lowest BCUT2D eigenvalue weighted by molar-refractivity contribution is 0.0689. The van der Waals surface area contributed by atoms with E-state index in [4.69, 9.17) is 9.47 Å². The zero-order chi connectivity index (χ0) is 16.2. The standard InChI is InChI=1S/C15H28N4O2S/c1-12-14(22-13(2)19-12)11-18-15(16-3)17-7-5-6-8-21-10-9-20-4/h5-11H2,1-4H3,(H2,16,17,18). The molecule has 126 valence electrons. The molecule has 0 atom stereocenters. The van der Waals surface area contributed by atoms with Gasteiger partial charge in [0, 0.05) is 32.2 Å². The molecule has 0 saturated heterocycles. The van der Waals surface area contributed by atoms with E-state index in [9.17, 15) is 0 Å². The third kappa shape index (κ3) is 7.72. The number of hydrogen-bond acceptors (Lipinski definition) is 5. The second-order valence-electron chi connectivity index (χ2n) is 4.91. The number of aryl methyl sites for hydroxylation is 2. The molecule has 1 aromatic rings. The molecule has 0 spiro atoms. The minimum atomic E-state index is 0.658. The fourth-order valence-electron chi connectivity index (χ4n) is 1.90. The minimum Gasteiger partial charge on any atom is -0.382 e. The number of aliphatic imine (C=N–C) groups is 1. The number of thiazole rings is 1. The monoisotopic (exact) mass is 328 g/mol. The molecule has 6 nitrogen and oxygen atoms in total. The Morgan fingerprint density at radius 3 is 2.64 bits per heavy atom. The van der Waals surface area contributed by atoms with E-state index in [1.807, 2.05) is 13.8 Å². The zero-order valence-corrected chi connectivity index (χ0v) is 14.9. The van der Waals surface area contributed by atoms with Gasteiger partial charge in [-0.2, -0.15) is 0 Å². The van der Waals surface area contributed by atoms with Crippen LogP contribution in [0, 0.1) is 13.8 Å². The number of aromatic nitrogens is 1. The van der Waals surface area contributed by atoms with Gasteiger partial charge >= 0.3 is 0 Å². The lowest BCUT2D eigenvalue weighted by atomic mass is 10.3. The molecule has 0 aliphatic rings. The van der Waals surface area contributed by atoms with Crippen LogP contribution < -0.4 is 10.6 Å². The van der Waals surface area contributed by atoms with Gasteiger partial charge < -0.3 is 20.1 Å². The Morgan fingerprint density at radius 1 is 1.18 bits per heavy atom. The Morgan fingerprint density at radius 2 is 2.00 bits per heavy atom. The van der Waals surface area contributed by atoms with Crippen molar-refractivity contribution in [2.24, 2.45) is 4.99 Å². The quantitative estimate of drug-likeness (QED) is 0.390. The van der Waals surface area contributed by atoms with Gasteiger partial charge in [0.25, 0.3) is 0 Å². The fourth-order valence-corrected chi connectivity index (χ4v) is 2.78. The number of nitrogens with zero attached hydrogens (tertiary/aromatic N) is 2. The van der Waals surface area contributed by atoms with Crippen molar-refractivity contribution in [3.63, 3.8) is 0 Å². The molecule has 22 heavy (non-hydrogen) atoms. The van der Waals surface area contributed by atoms with Crippen LogP contribution in [0.15, 0.2) is 4.99 Å². The molecule has 0 amide bonds. The van der Waals surface area contributed by atoms with Crippen LogP contribution in [-0.2, 0) is 16.0 Å². The van der Waals surface area contributed by atoms with Gasteiger partial charge in [-0.1, -0.05) is 0 Å². The molecule has 1 heterocycles. The first kappa shape index (κ1) is 18.9. The molecular formula is C15H28N4O2S. The molecule has 2 N–H and O–H groups in total. The van der Waals surface area contributed by atoms with Gasteiger partial charge in [-0.25, -0.2) is 4.98 Å². The fraction of sp³-hybridized carbons (Fsp3) is 0.733. The molecule has 0 aromatic carbocycles. The first-order valence-electron chi connectivity index (χ1n) is 7.61. The molecule has 0 aliphatic carbocycles. The molecule has 1 rings (SSSR count). The van der Waals surface area contributed by atoms with Crippen molar-refractivity contribution >= 4 is 17.3 Å². The van der Waals surface area contributed by atoms with Crippen molar-refractivity contribution in [2.45, 2.75) is 33.2 Å². The summed E-state index contributed by atoms with van der Waals surface area (Å²) in [6.45, 7) is 7.82. The van der Waals surface area contributed by atoms with Crippen molar-refractivity contribution in [1.29, 1.82) is 0 Å². The lowest BCUT2D eigenvalue weighted by Gasteiger charge is -2.11. The summed E-state index contributed by atoms with van der Waals surface area (Å²) < 4.78 is 10.3. The van der Waals surface area contributed by atoms with Gasteiger partial charge in [0.15, 0.2) is 5.96 Å².